The third-order valence-electron chi connectivity index (χ3n) is 5.20. The third kappa shape index (κ3) is 4.92. The molecule has 4 aromatic rings. The Kier molecular flexibility index (Phi) is 6.41. The average Bonchev–Trinajstić information content (AvgIpc) is 2.85. The largest absolute Gasteiger partial charge is 0.397 e. The van der Waals surface area contributed by atoms with Crippen molar-refractivity contribution in [3.05, 3.63) is 102 Å². The molecule has 0 fully saturated rings. The van der Waals surface area contributed by atoms with Gasteiger partial charge in [0, 0.05) is 30.1 Å². The van der Waals surface area contributed by atoms with Crippen LogP contribution in [0.25, 0.3) is 11.3 Å². The van der Waals surface area contributed by atoms with Crippen molar-refractivity contribution >= 4 is 23.1 Å². The quantitative estimate of drug-likeness (QED) is 0.357. The molecule has 0 unspecified atom stereocenters. The zero-order valence-electron chi connectivity index (χ0n) is 17.9. The lowest BCUT2D eigenvalue weighted by Gasteiger charge is -2.13. The normalized spacial score (nSPS) is 10.5. The molecule has 4 N–H and O–H groups in total. The molecular formula is C26H25N5O. The third-order valence-corrected chi connectivity index (χ3v) is 5.20. The van der Waals surface area contributed by atoms with Crippen LogP contribution in [-0.4, -0.2) is 15.9 Å². The van der Waals surface area contributed by atoms with Crippen LogP contribution in [0.5, 0.6) is 0 Å². The summed E-state index contributed by atoms with van der Waals surface area (Å²) < 4.78 is 0. The fraction of sp³-hybridized carbons (Fsp3) is 0.115. The molecule has 2 heterocycles. The second-order valence-electron chi connectivity index (χ2n) is 7.39. The lowest BCUT2D eigenvalue weighted by atomic mass is 10.1. The van der Waals surface area contributed by atoms with Gasteiger partial charge >= 0.3 is 0 Å². The standard InChI is InChI=1S/C26H25N5O/c1-2-19-13-14-23(21-6-5-15-28-17-21)30-25(19)29-16-18-9-11-20(12-10-18)26(32)31-24-8-4-3-7-22(24)27/h3-15,17H,2,16,27H2,1H3,(H,29,30)(H,31,32). The van der Waals surface area contributed by atoms with Crippen LogP contribution in [0.2, 0.25) is 0 Å². The maximum Gasteiger partial charge on any atom is 0.255 e. The monoisotopic (exact) mass is 423 g/mol. The van der Waals surface area contributed by atoms with Crippen molar-refractivity contribution in [2.75, 3.05) is 16.4 Å². The van der Waals surface area contributed by atoms with Gasteiger partial charge in [-0.3, -0.25) is 9.78 Å². The number of para-hydroxylation sites is 2. The first kappa shape index (κ1) is 21.1. The van der Waals surface area contributed by atoms with E-state index in [4.69, 9.17) is 10.7 Å². The van der Waals surface area contributed by atoms with Crippen LogP contribution in [-0.2, 0) is 13.0 Å². The number of aryl methyl sites for hydroxylation is 1. The predicted octanol–water partition coefficient (Wildman–Crippen LogP) is 5.15. The van der Waals surface area contributed by atoms with E-state index in [0.29, 0.717) is 23.5 Å². The lowest BCUT2D eigenvalue weighted by Crippen LogP contribution is -2.13. The van der Waals surface area contributed by atoms with Gasteiger partial charge in [0.15, 0.2) is 0 Å². The van der Waals surface area contributed by atoms with Crippen molar-refractivity contribution in [2.45, 2.75) is 19.9 Å². The van der Waals surface area contributed by atoms with Crippen molar-refractivity contribution in [1.29, 1.82) is 0 Å². The van der Waals surface area contributed by atoms with Crippen LogP contribution in [0.3, 0.4) is 0 Å². The molecule has 0 spiro atoms. The molecule has 0 aliphatic carbocycles. The number of amides is 1. The average molecular weight is 424 g/mol. The Balaban J connectivity index is 1.44. The van der Waals surface area contributed by atoms with Gasteiger partial charge in [0.2, 0.25) is 0 Å². The molecule has 32 heavy (non-hydrogen) atoms. The van der Waals surface area contributed by atoms with Crippen molar-refractivity contribution < 1.29 is 4.79 Å². The zero-order valence-corrected chi connectivity index (χ0v) is 17.9. The number of nitrogen functional groups attached to an aromatic ring is 1. The Morgan fingerprint density at radius 2 is 1.78 bits per heavy atom. The molecule has 0 atom stereocenters. The summed E-state index contributed by atoms with van der Waals surface area (Å²) in [4.78, 5) is 21.5. The zero-order chi connectivity index (χ0) is 22.3. The summed E-state index contributed by atoms with van der Waals surface area (Å²) in [5, 5.41) is 6.28. The van der Waals surface area contributed by atoms with Crippen LogP contribution < -0.4 is 16.4 Å². The highest BCUT2D eigenvalue weighted by atomic mass is 16.1. The van der Waals surface area contributed by atoms with Gasteiger partial charge in [-0.2, -0.15) is 0 Å². The maximum absolute atomic E-state index is 12.5. The molecule has 0 saturated heterocycles. The van der Waals surface area contributed by atoms with Gasteiger partial charge in [0.1, 0.15) is 5.82 Å². The molecule has 0 aliphatic rings. The molecule has 6 heteroatoms. The second-order valence-corrected chi connectivity index (χ2v) is 7.39. The molecule has 0 radical (unpaired) electrons. The number of rotatable bonds is 7. The smallest absolute Gasteiger partial charge is 0.255 e. The van der Waals surface area contributed by atoms with Crippen LogP contribution in [0, 0.1) is 0 Å². The van der Waals surface area contributed by atoms with E-state index >= 15 is 0 Å². The summed E-state index contributed by atoms with van der Waals surface area (Å²) in [5.41, 5.74) is 11.7. The molecule has 6 nitrogen and oxygen atoms in total. The van der Waals surface area contributed by atoms with Crippen molar-refractivity contribution in [3.8, 4) is 11.3 Å². The van der Waals surface area contributed by atoms with E-state index in [1.165, 1.54) is 0 Å². The highest BCUT2D eigenvalue weighted by Crippen LogP contribution is 2.22. The molecule has 0 saturated carbocycles. The first-order chi connectivity index (χ1) is 15.6. The minimum Gasteiger partial charge on any atom is -0.397 e. The molecular weight excluding hydrogens is 398 g/mol. The number of hydrogen-bond acceptors (Lipinski definition) is 5. The Bertz CT molecular complexity index is 1210. The van der Waals surface area contributed by atoms with Crippen LogP contribution >= 0.6 is 0 Å². The summed E-state index contributed by atoms with van der Waals surface area (Å²) in [5.74, 6) is 0.664. The Labute approximate surface area is 187 Å². The summed E-state index contributed by atoms with van der Waals surface area (Å²) in [6.45, 7) is 2.71. The van der Waals surface area contributed by atoms with Gasteiger partial charge in [-0.1, -0.05) is 37.3 Å². The van der Waals surface area contributed by atoms with Gasteiger partial charge in [-0.25, -0.2) is 4.98 Å². The Morgan fingerprint density at radius 1 is 0.969 bits per heavy atom. The number of nitrogens with two attached hydrogens (primary N) is 1. The maximum atomic E-state index is 12.5. The minimum absolute atomic E-state index is 0.193. The summed E-state index contributed by atoms with van der Waals surface area (Å²) in [6.07, 6.45) is 4.44. The molecule has 2 aromatic heterocycles. The number of aromatic nitrogens is 2. The lowest BCUT2D eigenvalue weighted by molar-refractivity contribution is 0.102. The van der Waals surface area contributed by atoms with Gasteiger partial charge in [0.05, 0.1) is 17.1 Å². The number of nitrogens with zero attached hydrogens (tertiary/aromatic N) is 2. The number of hydrogen-bond donors (Lipinski definition) is 3. The molecule has 4 rings (SSSR count). The fourth-order valence-corrected chi connectivity index (χ4v) is 3.37. The summed E-state index contributed by atoms with van der Waals surface area (Å²) in [6, 6.07) is 22.7. The van der Waals surface area contributed by atoms with Crippen molar-refractivity contribution in [3.63, 3.8) is 0 Å². The Morgan fingerprint density at radius 3 is 2.50 bits per heavy atom. The topological polar surface area (TPSA) is 92.9 Å². The highest BCUT2D eigenvalue weighted by molar-refractivity contribution is 6.05. The molecule has 2 aromatic carbocycles. The number of carbonyl (C=O) groups is 1. The van der Waals surface area contributed by atoms with Gasteiger partial charge in [-0.15, -0.1) is 0 Å². The Hall–Kier alpha value is -4.19. The predicted molar refractivity (Wildman–Crippen MR) is 129 cm³/mol. The summed E-state index contributed by atoms with van der Waals surface area (Å²) >= 11 is 0. The number of anilines is 3. The molecule has 160 valence electrons. The minimum atomic E-state index is -0.193. The first-order valence-corrected chi connectivity index (χ1v) is 10.5. The van der Waals surface area contributed by atoms with Gasteiger partial charge < -0.3 is 16.4 Å². The fourth-order valence-electron chi connectivity index (χ4n) is 3.37. The van der Waals surface area contributed by atoms with Crippen molar-refractivity contribution in [2.24, 2.45) is 0 Å². The highest BCUT2D eigenvalue weighted by Gasteiger charge is 2.09. The van der Waals surface area contributed by atoms with Crippen LogP contribution in [0.4, 0.5) is 17.2 Å². The van der Waals surface area contributed by atoms with E-state index < -0.39 is 0 Å². The number of carbonyl (C=O) groups excluding carboxylic acids is 1. The molecule has 0 aliphatic heterocycles. The SMILES string of the molecule is CCc1ccc(-c2cccnc2)nc1NCc1ccc(C(=O)Nc2ccccc2N)cc1. The van der Waals surface area contributed by atoms with E-state index in [-0.39, 0.29) is 5.91 Å². The van der Waals surface area contributed by atoms with Crippen LogP contribution in [0.1, 0.15) is 28.4 Å². The molecule has 1 amide bonds. The van der Waals surface area contributed by atoms with E-state index in [1.54, 1.807) is 18.3 Å². The van der Waals surface area contributed by atoms with E-state index in [2.05, 4.69) is 28.6 Å². The number of pyridine rings is 2. The van der Waals surface area contributed by atoms with Crippen LogP contribution in [0.15, 0.2) is 85.2 Å². The summed E-state index contributed by atoms with van der Waals surface area (Å²) in [7, 11) is 0. The van der Waals surface area contributed by atoms with Gasteiger partial charge in [0.25, 0.3) is 5.91 Å². The number of benzene rings is 2. The van der Waals surface area contributed by atoms with E-state index in [0.717, 1.165) is 34.6 Å². The van der Waals surface area contributed by atoms with E-state index in [9.17, 15) is 4.79 Å². The van der Waals surface area contributed by atoms with Gasteiger partial charge in [-0.05, 0) is 60.0 Å². The van der Waals surface area contributed by atoms with E-state index in [1.807, 2.05) is 60.8 Å². The first-order valence-electron chi connectivity index (χ1n) is 10.5. The molecule has 0 bridgehead atoms. The second kappa shape index (κ2) is 9.75. The number of nitrogens with one attached hydrogen (secondary N) is 2. The van der Waals surface area contributed by atoms with Crippen molar-refractivity contribution in [1.82, 2.24) is 9.97 Å².